The van der Waals surface area contributed by atoms with Crippen LogP contribution in [0.25, 0.3) is 0 Å². The molecule has 2 heterocycles. The van der Waals surface area contributed by atoms with Crippen LogP contribution in [-0.2, 0) is 16.0 Å². The van der Waals surface area contributed by atoms with Crippen LogP contribution in [0.15, 0.2) is 41.8 Å². The summed E-state index contributed by atoms with van der Waals surface area (Å²) in [5, 5.41) is 13.8. The van der Waals surface area contributed by atoms with Gasteiger partial charge in [0, 0.05) is 4.88 Å². The number of carbonyl (C=O) groups excluding carboxylic acids is 1. The SMILES string of the molecule is O=C(N[C@H](C(=O)O)c1ccccc1)C1SCCc2sccc21. The first-order chi connectivity index (χ1) is 10.7. The molecule has 1 aromatic carbocycles. The van der Waals surface area contributed by atoms with E-state index in [9.17, 15) is 14.7 Å². The van der Waals surface area contributed by atoms with Crippen molar-refractivity contribution in [1.82, 2.24) is 5.32 Å². The van der Waals surface area contributed by atoms with Crippen LogP contribution in [0.3, 0.4) is 0 Å². The minimum atomic E-state index is -1.05. The van der Waals surface area contributed by atoms with Gasteiger partial charge in [-0.1, -0.05) is 30.3 Å². The molecule has 0 radical (unpaired) electrons. The van der Waals surface area contributed by atoms with E-state index in [2.05, 4.69) is 5.32 Å². The number of nitrogens with one attached hydrogen (secondary N) is 1. The van der Waals surface area contributed by atoms with Gasteiger partial charge in [-0.25, -0.2) is 4.79 Å². The van der Waals surface area contributed by atoms with Crippen LogP contribution >= 0.6 is 23.1 Å². The Kier molecular flexibility index (Phi) is 4.49. The average molecular weight is 333 g/mol. The van der Waals surface area contributed by atoms with Gasteiger partial charge in [-0.05, 0) is 34.7 Å². The van der Waals surface area contributed by atoms with E-state index in [0.717, 1.165) is 17.7 Å². The predicted molar refractivity (Wildman–Crippen MR) is 88.2 cm³/mol. The molecule has 4 nitrogen and oxygen atoms in total. The Hall–Kier alpha value is -1.79. The summed E-state index contributed by atoms with van der Waals surface area (Å²) in [5.74, 6) is -0.402. The minimum Gasteiger partial charge on any atom is -0.479 e. The van der Waals surface area contributed by atoms with Crippen LogP contribution in [0.5, 0.6) is 0 Å². The van der Waals surface area contributed by atoms with Crippen molar-refractivity contribution in [1.29, 1.82) is 0 Å². The maximum Gasteiger partial charge on any atom is 0.330 e. The average Bonchev–Trinajstić information content (AvgIpc) is 3.01. The molecule has 22 heavy (non-hydrogen) atoms. The maximum absolute atomic E-state index is 12.6. The van der Waals surface area contributed by atoms with Crippen LogP contribution in [-0.4, -0.2) is 22.7 Å². The molecule has 0 bridgehead atoms. The van der Waals surface area contributed by atoms with Gasteiger partial charge in [-0.15, -0.1) is 23.1 Å². The number of carbonyl (C=O) groups is 2. The number of thioether (sulfide) groups is 1. The van der Waals surface area contributed by atoms with Gasteiger partial charge in [0.2, 0.25) is 5.91 Å². The number of benzene rings is 1. The van der Waals surface area contributed by atoms with Crippen LogP contribution < -0.4 is 5.32 Å². The summed E-state index contributed by atoms with van der Waals surface area (Å²) in [6.07, 6.45) is 0.975. The van der Waals surface area contributed by atoms with Gasteiger partial charge in [0.15, 0.2) is 6.04 Å². The molecule has 0 saturated carbocycles. The van der Waals surface area contributed by atoms with E-state index in [1.807, 2.05) is 17.5 Å². The van der Waals surface area contributed by atoms with Gasteiger partial charge >= 0.3 is 5.97 Å². The molecular formula is C16H15NO3S2. The van der Waals surface area contributed by atoms with Crippen molar-refractivity contribution in [2.24, 2.45) is 0 Å². The molecule has 0 fully saturated rings. The van der Waals surface area contributed by atoms with Crippen LogP contribution in [0.2, 0.25) is 0 Å². The van der Waals surface area contributed by atoms with Crippen molar-refractivity contribution in [2.45, 2.75) is 17.7 Å². The van der Waals surface area contributed by atoms with E-state index < -0.39 is 12.0 Å². The second kappa shape index (κ2) is 6.54. The molecule has 1 aromatic heterocycles. The van der Waals surface area contributed by atoms with Gasteiger partial charge in [0.05, 0.1) is 0 Å². The molecule has 0 aliphatic carbocycles. The molecule has 2 aromatic rings. The molecule has 6 heteroatoms. The van der Waals surface area contributed by atoms with Crippen molar-refractivity contribution >= 4 is 35.0 Å². The zero-order valence-corrected chi connectivity index (χ0v) is 13.3. The number of hydrogen-bond donors (Lipinski definition) is 2. The highest BCUT2D eigenvalue weighted by molar-refractivity contribution is 8.00. The van der Waals surface area contributed by atoms with Gasteiger partial charge in [0.1, 0.15) is 5.25 Å². The first kappa shape index (κ1) is 15.1. The fourth-order valence-corrected chi connectivity index (χ4v) is 4.82. The van der Waals surface area contributed by atoms with Crippen molar-refractivity contribution in [2.75, 3.05) is 5.75 Å². The number of carboxylic acid groups (broad SMARTS) is 1. The summed E-state index contributed by atoms with van der Waals surface area (Å²) in [6.45, 7) is 0. The fourth-order valence-electron chi connectivity index (χ4n) is 2.51. The molecule has 3 rings (SSSR count). The van der Waals surface area contributed by atoms with E-state index in [1.165, 1.54) is 4.88 Å². The van der Waals surface area contributed by atoms with E-state index in [1.54, 1.807) is 47.4 Å². The second-order valence-corrected chi connectivity index (χ2v) is 7.20. The minimum absolute atomic E-state index is 0.236. The molecule has 2 atom stereocenters. The van der Waals surface area contributed by atoms with Gasteiger partial charge < -0.3 is 10.4 Å². The number of carboxylic acids is 1. The lowest BCUT2D eigenvalue weighted by atomic mass is 10.1. The third kappa shape index (κ3) is 3.03. The van der Waals surface area contributed by atoms with Crippen LogP contribution in [0, 0.1) is 0 Å². The summed E-state index contributed by atoms with van der Waals surface area (Å²) in [6, 6.07) is 9.73. The Balaban J connectivity index is 1.80. The van der Waals surface area contributed by atoms with Crippen LogP contribution in [0.4, 0.5) is 0 Å². The summed E-state index contributed by atoms with van der Waals surface area (Å²) >= 11 is 3.23. The van der Waals surface area contributed by atoms with E-state index >= 15 is 0 Å². The normalized spacial score (nSPS) is 18.3. The Labute approximate surface area is 136 Å². The van der Waals surface area contributed by atoms with E-state index in [-0.39, 0.29) is 11.2 Å². The molecule has 1 aliphatic rings. The standard InChI is InChI=1S/C16H15NO3S2/c18-15(14-11-6-8-21-12(11)7-9-22-14)17-13(16(19)20)10-4-2-1-3-5-10/h1-6,8,13-14H,7,9H2,(H,17,18)(H,19,20)/t13-,14?/m0/s1. The molecule has 114 valence electrons. The highest BCUT2D eigenvalue weighted by Crippen LogP contribution is 2.39. The monoisotopic (exact) mass is 333 g/mol. The highest BCUT2D eigenvalue weighted by atomic mass is 32.2. The molecule has 2 N–H and O–H groups in total. The van der Waals surface area contributed by atoms with E-state index in [4.69, 9.17) is 0 Å². The quantitative estimate of drug-likeness (QED) is 0.902. The molecule has 1 aliphatic heterocycles. The number of hydrogen-bond acceptors (Lipinski definition) is 4. The van der Waals surface area contributed by atoms with Crippen molar-refractivity contribution < 1.29 is 14.7 Å². The molecule has 0 saturated heterocycles. The first-order valence-corrected chi connectivity index (χ1v) is 8.85. The highest BCUT2D eigenvalue weighted by Gasteiger charge is 2.31. The smallest absolute Gasteiger partial charge is 0.330 e. The lowest BCUT2D eigenvalue weighted by molar-refractivity contribution is -0.142. The fraction of sp³-hybridized carbons (Fsp3) is 0.250. The number of thiophene rings is 1. The third-order valence-corrected chi connectivity index (χ3v) is 5.82. The Bertz CT molecular complexity index is 684. The lowest BCUT2D eigenvalue weighted by Gasteiger charge is -2.23. The zero-order chi connectivity index (χ0) is 15.5. The number of fused-ring (bicyclic) bond motifs is 1. The van der Waals surface area contributed by atoms with E-state index in [0.29, 0.717) is 5.56 Å². The summed E-state index contributed by atoms with van der Waals surface area (Å²) in [5.41, 5.74) is 1.60. The summed E-state index contributed by atoms with van der Waals surface area (Å²) < 4.78 is 0. The number of amides is 1. The Morgan fingerprint density at radius 2 is 2.00 bits per heavy atom. The van der Waals surface area contributed by atoms with Crippen molar-refractivity contribution in [3.63, 3.8) is 0 Å². The molecule has 1 unspecified atom stereocenters. The molecule has 0 spiro atoms. The maximum atomic E-state index is 12.6. The predicted octanol–water partition coefficient (Wildman–Crippen LogP) is 3.02. The van der Waals surface area contributed by atoms with Crippen molar-refractivity contribution in [3.8, 4) is 0 Å². The van der Waals surface area contributed by atoms with Crippen LogP contribution in [0.1, 0.15) is 27.3 Å². The summed E-state index contributed by atoms with van der Waals surface area (Å²) in [4.78, 5) is 25.3. The summed E-state index contributed by atoms with van der Waals surface area (Å²) in [7, 11) is 0. The number of rotatable bonds is 4. The Morgan fingerprint density at radius 3 is 2.73 bits per heavy atom. The lowest BCUT2D eigenvalue weighted by Crippen LogP contribution is -2.37. The second-order valence-electron chi connectivity index (χ2n) is 4.99. The van der Waals surface area contributed by atoms with Gasteiger partial charge in [-0.2, -0.15) is 0 Å². The zero-order valence-electron chi connectivity index (χ0n) is 11.7. The Morgan fingerprint density at radius 1 is 1.23 bits per heavy atom. The van der Waals surface area contributed by atoms with Gasteiger partial charge in [-0.3, -0.25) is 4.79 Å². The first-order valence-electron chi connectivity index (χ1n) is 6.93. The van der Waals surface area contributed by atoms with Gasteiger partial charge in [0.25, 0.3) is 0 Å². The third-order valence-electron chi connectivity index (χ3n) is 3.58. The van der Waals surface area contributed by atoms with Crippen molar-refractivity contribution in [3.05, 3.63) is 57.8 Å². The number of aliphatic carboxylic acids is 1. The largest absolute Gasteiger partial charge is 0.479 e. The number of aryl methyl sites for hydroxylation is 1. The molecular weight excluding hydrogens is 318 g/mol. The topological polar surface area (TPSA) is 66.4 Å². The molecule has 1 amide bonds.